The molecule has 1 fully saturated rings. The van der Waals surface area contributed by atoms with Gasteiger partial charge >= 0.3 is 27.6 Å². The number of carbonyl (C=O) groups excluding carboxylic acids is 2. The molecule has 1 heterocycles. The Morgan fingerprint density at radius 3 is 1.79 bits per heavy atom. The third kappa shape index (κ3) is 35.3. The van der Waals surface area contributed by atoms with Crippen LogP contribution in [0.2, 0.25) is 0 Å². The van der Waals surface area contributed by atoms with Crippen LogP contribution in [0.25, 0.3) is 0 Å². The number of phosphoric ester groups is 2. The van der Waals surface area contributed by atoms with Crippen LogP contribution in [0.15, 0.2) is 12.2 Å². The summed E-state index contributed by atoms with van der Waals surface area (Å²) in [6, 6.07) is 0. The zero-order chi connectivity index (χ0) is 42.2. The molecule has 0 bridgehead atoms. The van der Waals surface area contributed by atoms with Gasteiger partial charge in [0.25, 0.3) is 0 Å². The van der Waals surface area contributed by atoms with Gasteiger partial charge in [0.15, 0.2) is 6.10 Å². The third-order valence-corrected chi connectivity index (χ3v) is 11.2. The summed E-state index contributed by atoms with van der Waals surface area (Å²) in [7, 11) is -9.67. The maximum atomic E-state index is 12.7. The number of aliphatic hydroxyl groups excluding tert-OH is 1. The third-order valence-electron chi connectivity index (χ3n) is 9.75. The second-order valence-corrected chi connectivity index (χ2v) is 18.5. The van der Waals surface area contributed by atoms with Crippen molar-refractivity contribution in [1.29, 1.82) is 0 Å². The molecule has 57 heavy (non-hydrogen) atoms. The first-order valence-corrected chi connectivity index (χ1v) is 24.9. The molecule has 14 nitrogen and oxygen atoms in total. The molecule has 0 saturated carbocycles. The van der Waals surface area contributed by atoms with E-state index < -0.39 is 59.6 Å². The molecule has 0 radical (unpaired) electrons. The van der Waals surface area contributed by atoms with Gasteiger partial charge in [-0.05, 0) is 44.4 Å². The van der Waals surface area contributed by atoms with Crippen molar-refractivity contribution in [2.45, 2.75) is 206 Å². The highest BCUT2D eigenvalue weighted by Crippen LogP contribution is 2.44. The van der Waals surface area contributed by atoms with Crippen molar-refractivity contribution in [1.82, 2.24) is 0 Å². The number of unbranched alkanes of at least 4 members (excludes halogenated alkanes) is 17. The van der Waals surface area contributed by atoms with E-state index in [0.29, 0.717) is 25.0 Å². The smallest absolute Gasteiger partial charge is 0.462 e. The number of hydrogen-bond acceptors (Lipinski definition) is 11. The summed E-state index contributed by atoms with van der Waals surface area (Å²) in [6.07, 6.45) is 28.1. The van der Waals surface area contributed by atoms with Crippen LogP contribution >= 0.6 is 15.6 Å². The average Bonchev–Trinajstić information content (AvgIpc) is 3.91. The van der Waals surface area contributed by atoms with Crippen LogP contribution in [0.3, 0.4) is 0 Å². The molecule has 5 atom stereocenters. The predicted molar refractivity (Wildman–Crippen MR) is 220 cm³/mol. The first kappa shape index (κ1) is 53.8. The second-order valence-electron chi connectivity index (χ2n) is 15.8. The van der Waals surface area contributed by atoms with Crippen molar-refractivity contribution in [3.8, 4) is 0 Å². The molecule has 4 N–H and O–H groups in total. The molecule has 0 aromatic carbocycles. The number of rotatable bonds is 40. The highest BCUT2D eigenvalue weighted by atomic mass is 31.2. The van der Waals surface area contributed by atoms with Gasteiger partial charge in [-0.2, -0.15) is 0 Å². The number of hydrogen-bond donors (Lipinski definition) is 4. The minimum atomic E-state index is -4.86. The van der Waals surface area contributed by atoms with Gasteiger partial charge in [-0.25, -0.2) is 9.13 Å². The van der Waals surface area contributed by atoms with E-state index in [-0.39, 0.29) is 19.4 Å². The van der Waals surface area contributed by atoms with Gasteiger partial charge in [0, 0.05) is 12.8 Å². The van der Waals surface area contributed by atoms with Crippen LogP contribution in [0, 0.1) is 5.92 Å². The van der Waals surface area contributed by atoms with E-state index in [0.717, 1.165) is 70.1 Å². The lowest BCUT2D eigenvalue weighted by atomic mass is 10.0. The van der Waals surface area contributed by atoms with E-state index in [9.17, 15) is 28.7 Å². The highest BCUT2D eigenvalue weighted by molar-refractivity contribution is 7.47. The average molecular weight is 857 g/mol. The normalized spacial score (nSPS) is 17.8. The monoisotopic (exact) mass is 856 g/mol. The van der Waals surface area contributed by atoms with Crippen LogP contribution < -0.4 is 0 Å². The number of esters is 2. The quantitative estimate of drug-likeness (QED) is 0.0149. The van der Waals surface area contributed by atoms with Crippen LogP contribution in [-0.2, 0) is 46.5 Å². The summed E-state index contributed by atoms with van der Waals surface area (Å²) < 4.78 is 53.5. The van der Waals surface area contributed by atoms with Gasteiger partial charge in [-0.1, -0.05) is 142 Å². The Morgan fingerprint density at radius 1 is 0.649 bits per heavy atom. The molecule has 0 aliphatic carbocycles. The van der Waals surface area contributed by atoms with E-state index in [4.69, 9.17) is 28.5 Å². The molecule has 1 rings (SSSR count). The lowest BCUT2D eigenvalue weighted by molar-refractivity contribution is -0.161. The Kier molecular flexibility index (Phi) is 31.7. The zero-order valence-corrected chi connectivity index (χ0v) is 37.1. The maximum absolute atomic E-state index is 12.7. The first-order chi connectivity index (χ1) is 27.2. The molecular formula is C41H78O14P2. The standard InChI is InChI=1S/C41H78O14P2/c1-4-5-21-27-38-39(55-38)28-23-18-14-11-12-16-20-25-30-41(44)54-37(34-53-57(48,49)52-32-36(42)31-51-56(45,46)47)33-50-40(43)29-24-19-15-10-8-6-7-9-13-17-22-26-35(2)3/h18,23,35-39,42H,4-17,19-22,24-34H2,1-3H3,(H,48,49)(H2,45,46,47)/b23-18-/t36-,37+,38?,39?/m0/s1. The van der Waals surface area contributed by atoms with Gasteiger partial charge in [0.1, 0.15) is 12.7 Å². The largest absolute Gasteiger partial charge is 0.472 e. The van der Waals surface area contributed by atoms with Crippen molar-refractivity contribution in [3.63, 3.8) is 0 Å². The Labute approximate surface area is 343 Å². The topological polar surface area (TPSA) is 208 Å². The Bertz CT molecular complexity index is 1150. The number of ether oxygens (including phenoxy) is 3. The molecule has 1 saturated heterocycles. The van der Waals surface area contributed by atoms with E-state index in [1.807, 2.05) is 0 Å². The van der Waals surface area contributed by atoms with Crippen LogP contribution in [0.4, 0.5) is 0 Å². The van der Waals surface area contributed by atoms with Crippen LogP contribution in [-0.4, -0.2) is 82.6 Å². The fourth-order valence-corrected chi connectivity index (χ4v) is 7.46. The van der Waals surface area contributed by atoms with Crippen LogP contribution in [0.1, 0.15) is 181 Å². The van der Waals surface area contributed by atoms with Crippen LogP contribution in [0.5, 0.6) is 0 Å². The number of allylic oxidation sites excluding steroid dienone is 1. The van der Waals surface area contributed by atoms with Gasteiger partial charge in [0.2, 0.25) is 0 Å². The van der Waals surface area contributed by atoms with E-state index in [2.05, 4.69) is 42.0 Å². The first-order valence-electron chi connectivity index (χ1n) is 21.9. The summed E-state index contributed by atoms with van der Waals surface area (Å²) in [5.74, 6) is -0.262. The molecule has 3 unspecified atom stereocenters. The Balaban J connectivity index is 2.35. The van der Waals surface area contributed by atoms with Gasteiger partial charge < -0.3 is 34.0 Å². The number of aliphatic hydroxyl groups is 1. The van der Waals surface area contributed by atoms with Gasteiger partial charge in [-0.3, -0.25) is 23.2 Å². The highest BCUT2D eigenvalue weighted by Gasteiger charge is 2.36. The summed E-state index contributed by atoms with van der Waals surface area (Å²) in [6.45, 7) is 4.03. The molecule has 0 amide bonds. The zero-order valence-electron chi connectivity index (χ0n) is 35.3. The van der Waals surface area contributed by atoms with Crippen molar-refractivity contribution in [2.24, 2.45) is 5.92 Å². The molecular weight excluding hydrogens is 778 g/mol. The van der Waals surface area contributed by atoms with Crippen molar-refractivity contribution in [3.05, 3.63) is 12.2 Å². The molecule has 336 valence electrons. The number of phosphoric acid groups is 2. The van der Waals surface area contributed by atoms with E-state index in [1.165, 1.54) is 70.6 Å². The van der Waals surface area contributed by atoms with Crippen molar-refractivity contribution >= 4 is 27.6 Å². The lowest BCUT2D eigenvalue weighted by Gasteiger charge is -2.20. The molecule has 1 aliphatic heterocycles. The van der Waals surface area contributed by atoms with E-state index in [1.54, 1.807) is 0 Å². The minimum Gasteiger partial charge on any atom is -0.462 e. The lowest BCUT2D eigenvalue weighted by Crippen LogP contribution is -2.30. The second kappa shape index (κ2) is 33.5. The summed E-state index contributed by atoms with van der Waals surface area (Å²) >= 11 is 0. The fourth-order valence-electron chi connectivity index (χ4n) is 6.30. The Hall–Kier alpha value is -1.18. The minimum absolute atomic E-state index is 0.114. The molecule has 0 spiro atoms. The molecule has 16 heteroatoms. The van der Waals surface area contributed by atoms with Crippen molar-refractivity contribution < 1.29 is 66.3 Å². The maximum Gasteiger partial charge on any atom is 0.472 e. The van der Waals surface area contributed by atoms with Gasteiger partial charge in [-0.15, -0.1) is 0 Å². The summed E-state index contributed by atoms with van der Waals surface area (Å²) in [5, 5.41) is 9.74. The predicted octanol–water partition coefficient (Wildman–Crippen LogP) is 9.80. The SMILES string of the molecule is CCCCCC1OC1C/C=C\CCCCCCCC(=O)O[C@H](COC(=O)CCCCCCCCCCCCCC(C)C)COP(=O)(O)OC[C@@H](O)COP(=O)(O)O. The molecule has 1 aliphatic rings. The number of carbonyl (C=O) groups is 2. The Morgan fingerprint density at radius 2 is 1.19 bits per heavy atom. The molecule has 0 aromatic rings. The van der Waals surface area contributed by atoms with E-state index >= 15 is 0 Å². The summed E-state index contributed by atoms with van der Waals surface area (Å²) in [4.78, 5) is 52.7. The van der Waals surface area contributed by atoms with Crippen molar-refractivity contribution in [2.75, 3.05) is 26.4 Å². The van der Waals surface area contributed by atoms with Gasteiger partial charge in [0.05, 0.1) is 32.0 Å². The summed E-state index contributed by atoms with van der Waals surface area (Å²) in [5.41, 5.74) is 0. The number of epoxide rings is 1. The molecule has 0 aromatic heterocycles. The fraction of sp³-hybridized carbons (Fsp3) is 0.902.